The van der Waals surface area contributed by atoms with Crippen molar-refractivity contribution in [2.45, 2.75) is 39.5 Å². The number of halogens is 6. The van der Waals surface area contributed by atoms with E-state index in [1.54, 1.807) is 49.4 Å². The smallest absolute Gasteiger partial charge is 0.194 e. The Morgan fingerprint density at radius 1 is 0.523 bits per heavy atom. The summed E-state index contributed by atoms with van der Waals surface area (Å²) in [5.41, 5.74) is 4.00. The Morgan fingerprint density at radius 2 is 1.11 bits per heavy atom. The Balaban J connectivity index is 1.33. The van der Waals surface area contributed by atoms with Gasteiger partial charge in [0.15, 0.2) is 17.5 Å². The van der Waals surface area contributed by atoms with Gasteiger partial charge in [-0.15, -0.1) is 0 Å². The van der Waals surface area contributed by atoms with Gasteiger partial charge in [0.1, 0.15) is 17.5 Å². The van der Waals surface area contributed by atoms with E-state index in [2.05, 4.69) is 18.8 Å². The number of unbranched alkanes of at least 4 members (excludes halogenated alkanes) is 2. The molecule has 0 aliphatic heterocycles. The van der Waals surface area contributed by atoms with Crippen molar-refractivity contribution in [2.24, 2.45) is 0 Å². The number of benzene rings is 5. The lowest BCUT2D eigenvalue weighted by Gasteiger charge is -2.10. The minimum atomic E-state index is -1.62. The van der Waals surface area contributed by atoms with E-state index in [4.69, 9.17) is 0 Å². The minimum Gasteiger partial charge on any atom is -0.206 e. The monoisotopic (exact) mass is 598 g/mol. The van der Waals surface area contributed by atoms with Gasteiger partial charge in [-0.2, -0.15) is 0 Å². The third kappa shape index (κ3) is 6.73. The second-order valence-corrected chi connectivity index (χ2v) is 10.7. The molecule has 0 saturated heterocycles. The van der Waals surface area contributed by atoms with E-state index in [-0.39, 0.29) is 16.9 Å². The van der Waals surface area contributed by atoms with E-state index in [1.165, 1.54) is 18.2 Å². The topological polar surface area (TPSA) is 0 Å². The number of hydrogen-bond acceptors (Lipinski definition) is 0. The molecule has 0 unspecified atom stereocenters. The van der Waals surface area contributed by atoms with Gasteiger partial charge >= 0.3 is 0 Å². The molecule has 0 spiro atoms. The fourth-order valence-corrected chi connectivity index (χ4v) is 5.07. The molecule has 222 valence electrons. The highest BCUT2D eigenvalue weighted by atomic mass is 19.2. The molecule has 0 atom stereocenters. The van der Waals surface area contributed by atoms with Crippen LogP contribution >= 0.6 is 0 Å². The van der Waals surface area contributed by atoms with E-state index < -0.39 is 29.1 Å². The van der Waals surface area contributed by atoms with E-state index in [0.717, 1.165) is 49.4 Å². The second kappa shape index (κ2) is 13.3. The first-order valence-corrected chi connectivity index (χ1v) is 14.3. The van der Waals surface area contributed by atoms with Gasteiger partial charge in [-0.3, -0.25) is 0 Å². The van der Waals surface area contributed by atoms with Crippen LogP contribution in [0.4, 0.5) is 26.3 Å². The van der Waals surface area contributed by atoms with Crippen molar-refractivity contribution in [2.75, 3.05) is 0 Å². The molecule has 0 aromatic heterocycles. The molecule has 0 nitrogen and oxygen atoms in total. The van der Waals surface area contributed by atoms with Crippen molar-refractivity contribution in [1.29, 1.82) is 0 Å². The standard InChI is InChI=1S/C38H28F6/c1-3-4-5-6-25-10-15-31(33(39)18-25)28-14-16-30(34(40)20-28)26-11-7-24(8-12-26)9-13-27-19-35(41)32(17-23(27)2)29-21-36(42)38(44)37(43)22-29/h7-8,10-12,14-22H,3-6H2,1-2H3. The maximum atomic E-state index is 15.2. The molecule has 5 aromatic carbocycles. The van der Waals surface area contributed by atoms with Crippen molar-refractivity contribution in [1.82, 2.24) is 0 Å². The van der Waals surface area contributed by atoms with Crippen molar-refractivity contribution in [3.63, 3.8) is 0 Å². The van der Waals surface area contributed by atoms with Crippen molar-refractivity contribution in [3.05, 3.63) is 142 Å². The fourth-order valence-electron chi connectivity index (χ4n) is 5.07. The molecule has 0 bridgehead atoms. The summed E-state index contributed by atoms with van der Waals surface area (Å²) in [7, 11) is 0. The Labute approximate surface area is 253 Å². The van der Waals surface area contributed by atoms with Gasteiger partial charge in [0.05, 0.1) is 0 Å². The minimum absolute atomic E-state index is 0.0783. The summed E-state index contributed by atoms with van der Waals surface area (Å²) >= 11 is 0. The molecule has 6 heteroatoms. The molecule has 0 radical (unpaired) electrons. The molecule has 0 aliphatic rings. The molecule has 0 amide bonds. The van der Waals surface area contributed by atoms with Gasteiger partial charge in [-0.1, -0.05) is 68.0 Å². The molecule has 0 aliphatic carbocycles. The summed E-state index contributed by atoms with van der Waals surface area (Å²) in [4.78, 5) is 0. The second-order valence-electron chi connectivity index (χ2n) is 10.7. The largest absolute Gasteiger partial charge is 0.206 e. The van der Waals surface area contributed by atoms with Crippen molar-refractivity contribution >= 4 is 0 Å². The Morgan fingerprint density at radius 3 is 1.77 bits per heavy atom. The van der Waals surface area contributed by atoms with Crippen LogP contribution in [-0.2, 0) is 6.42 Å². The Bertz CT molecular complexity index is 1870. The van der Waals surface area contributed by atoms with E-state index >= 15 is 4.39 Å². The maximum Gasteiger partial charge on any atom is 0.194 e. The molecule has 0 saturated carbocycles. The van der Waals surface area contributed by atoms with Crippen LogP contribution in [0, 0.1) is 53.7 Å². The molecule has 5 rings (SSSR count). The third-order valence-corrected chi connectivity index (χ3v) is 7.53. The fraction of sp³-hybridized carbons (Fsp3) is 0.158. The normalized spacial score (nSPS) is 10.9. The maximum absolute atomic E-state index is 15.2. The van der Waals surface area contributed by atoms with Crippen LogP contribution in [0.15, 0.2) is 84.9 Å². The third-order valence-electron chi connectivity index (χ3n) is 7.53. The molecule has 5 aromatic rings. The lowest BCUT2D eigenvalue weighted by molar-refractivity contribution is 0.447. The van der Waals surface area contributed by atoms with Crippen LogP contribution in [0.1, 0.15) is 48.4 Å². The summed E-state index contributed by atoms with van der Waals surface area (Å²) in [5, 5.41) is 0. The first-order valence-electron chi connectivity index (χ1n) is 14.3. The number of rotatable bonds is 7. The van der Waals surface area contributed by atoms with Gasteiger partial charge in [0.2, 0.25) is 0 Å². The van der Waals surface area contributed by atoms with Crippen LogP contribution in [0.3, 0.4) is 0 Å². The summed E-state index contributed by atoms with van der Waals surface area (Å²) in [6.07, 6.45) is 3.99. The molecule has 0 heterocycles. The molecule has 0 fully saturated rings. The Hall–Kier alpha value is -4.76. The van der Waals surface area contributed by atoms with Crippen LogP contribution in [0.2, 0.25) is 0 Å². The predicted octanol–water partition coefficient (Wildman–Crippen LogP) is 11.0. The summed E-state index contributed by atoms with van der Waals surface area (Å²) < 4.78 is 85.5. The first kappa shape index (κ1) is 30.7. The zero-order valence-corrected chi connectivity index (χ0v) is 24.2. The predicted molar refractivity (Wildman–Crippen MR) is 163 cm³/mol. The average molecular weight is 599 g/mol. The summed E-state index contributed by atoms with van der Waals surface area (Å²) in [6, 6.07) is 20.6. The summed E-state index contributed by atoms with van der Waals surface area (Å²) in [5.74, 6) is -0.219. The van der Waals surface area contributed by atoms with Crippen molar-refractivity contribution in [3.8, 4) is 45.2 Å². The highest BCUT2D eigenvalue weighted by molar-refractivity contribution is 5.72. The highest BCUT2D eigenvalue weighted by Crippen LogP contribution is 2.31. The van der Waals surface area contributed by atoms with Crippen LogP contribution in [-0.4, -0.2) is 0 Å². The Kier molecular flexibility index (Phi) is 9.25. The quantitative estimate of drug-likeness (QED) is 0.0757. The highest BCUT2D eigenvalue weighted by Gasteiger charge is 2.16. The molecular weight excluding hydrogens is 570 g/mol. The van der Waals surface area contributed by atoms with Gasteiger partial charge in [-0.05, 0) is 96.1 Å². The average Bonchev–Trinajstić information content (AvgIpc) is 3.00. The van der Waals surface area contributed by atoms with Gasteiger partial charge in [0.25, 0.3) is 0 Å². The van der Waals surface area contributed by atoms with Crippen LogP contribution < -0.4 is 0 Å². The zero-order valence-electron chi connectivity index (χ0n) is 24.2. The molecular formula is C38H28F6. The van der Waals surface area contributed by atoms with Gasteiger partial charge in [0, 0.05) is 27.8 Å². The van der Waals surface area contributed by atoms with Crippen molar-refractivity contribution < 1.29 is 26.3 Å². The van der Waals surface area contributed by atoms with Gasteiger partial charge < -0.3 is 0 Å². The van der Waals surface area contributed by atoms with Crippen LogP contribution in [0.5, 0.6) is 0 Å². The first-order chi connectivity index (χ1) is 21.1. The lowest BCUT2D eigenvalue weighted by atomic mass is 9.97. The number of hydrogen-bond donors (Lipinski definition) is 0. The summed E-state index contributed by atoms with van der Waals surface area (Å²) in [6.45, 7) is 3.79. The van der Waals surface area contributed by atoms with Crippen LogP contribution in [0.25, 0.3) is 33.4 Å². The van der Waals surface area contributed by atoms with E-state index in [1.807, 2.05) is 6.07 Å². The lowest BCUT2D eigenvalue weighted by Crippen LogP contribution is -1.95. The number of aryl methyl sites for hydroxylation is 2. The zero-order chi connectivity index (χ0) is 31.4. The van der Waals surface area contributed by atoms with E-state index in [0.29, 0.717) is 38.9 Å². The molecule has 44 heavy (non-hydrogen) atoms. The van der Waals surface area contributed by atoms with Gasteiger partial charge in [-0.25, -0.2) is 26.3 Å². The molecule has 0 N–H and O–H groups in total. The van der Waals surface area contributed by atoms with E-state index in [9.17, 15) is 22.0 Å². The SMILES string of the molecule is CCCCCc1ccc(-c2ccc(-c3ccc(C#Cc4cc(F)c(-c5cc(F)c(F)c(F)c5)cc4C)cc3)c(F)c2)c(F)c1.